The molecule has 1 unspecified atom stereocenters. The van der Waals surface area contributed by atoms with Crippen molar-refractivity contribution in [2.75, 3.05) is 6.61 Å². The fraction of sp³-hybridized carbons (Fsp3) is 0.625. The molecule has 0 radical (unpaired) electrons. The number of hydrogen-bond acceptors (Lipinski definition) is 2. The highest BCUT2D eigenvalue weighted by Crippen LogP contribution is 2.18. The summed E-state index contributed by atoms with van der Waals surface area (Å²) in [5.41, 5.74) is 11.4. The maximum Gasteiger partial charge on any atom is 0.0627 e. The van der Waals surface area contributed by atoms with Gasteiger partial charge in [-0.15, -0.1) is 0 Å². The largest absolute Gasteiger partial charge is 0.374 e. The Morgan fingerprint density at radius 1 is 1.11 bits per heavy atom. The van der Waals surface area contributed by atoms with E-state index in [1.54, 1.807) is 0 Å². The van der Waals surface area contributed by atoms with Crippen molar-refractivity contribution in [1.29, 1.82) is 0 Å². The van der Waals surface area contributed by atoms with Crippen LogP contribution in [0.1, 0.15) is 43.0 Å². The second-order valence-electron chi connectivity index (χ2n) is 6.26. The van der Waals surface area contributed by atoms with Crippen LogP contribution in [0.2, 0.25) is 0 Å². The van der Waals surface area contributed by atoms with E-state index >= 15 is 0 Å². The molecule has 1 aromatic rings. The van der Waals surface area contributed by atoms with E-state index in [0.717, 1.165) is 6.42 Å². The summed E-state index contributed by atoms with van der Waals surface area (Å²) in [6, 6.07) is 4.50. The predicted octanol–water partition coefficient (Wildman–Crippen LogP) is 3.30. The normalized spacial score (nSPS) is 13.7. The van der Waals surface area contributed by atoms with Crippen LogP contribution in [0.4, 0.5) is 0 Å². The number of ether oxygens (including phenoxy) is 1. The summed E-state index contributed by atoms with van der Waals surface area (Å²) in [5.74, 6) is 0. The Balaban J connectivity index is 2.68. The van der Waals surface area contributed by atoms with Crippen molar-refractivity contribution in [2.45, 2.75) is 59.6 Å². The minimum Gasteiger partial charge on any atom is -0.374 e. The first-order valence-electron chi connectivity index (χ1n) is 6.65. The number of benzene rings is 1. The Bertz CT molecular complexity index is 381. The molecule has 0 saturated carbocycles. The van der Waals surface area contributed by atoms with Gasteiger partial charge in [0.1, 0.15) is 0 Å². The van der Waals surface area contributed by atoms with Gasteiger partial charge in [-0.1, -0.05) is 17.7 Å². The highest BCUT2D eigenvalue weighted by molar-refractivity contribution is 5.37. The molecule has 2 heteroatoms. The summed E-state index contributed by atoms with van der Waals surface area (Å²) in [5, 5.41) is 0. The average Bonchev–Trinajstić information content (AvgIpc) is 2.19. The van der Waals surface area contributed by atoms with Crippen molar-refractivity contribution in [1.82, 2.24) is 0 Å². The summed E-state index contributed by atoms with van der Waals surface area (Å²) >= 11 is 0. The molecular weight excluding hydrogens is 222 g/mol. The molecule has 0 bridgehead atoms. The third-order valence-corrected chi connectivity index (χ3v) is 3.04. The van der Waals surface area contributed by atoms with E-state index in [-0.39, 0.29) is 11.6 Å². The lowest BCUT2D eigenvalue weighted by atomic mass is 9.95. The van der Waals surface area contributed by atoms with Crippen molar-refractivity contribution in [3.8, 4) is 0 Å². The third kappa shape index (κ3) is 4.79. The maximum absolute atomic E-state index is 6.16. The van der Waals surface area contributed by atoms with Crippen LogP contribution in [0.15, 0.2) is 12.1 Å². The van der Waals surface area contributed by atoms with E-state index in [2.05, 4.69) is 53.7 Å². The molecule has 102 valence electrons. The lowest BCUT2D eigenvalue weighted by molar-refractivity contribution is -0.00985. The van der Waals surface area contributed by atoms with Gasteiger partial charge in [0.2, 0.25) is 0 Å². The van der Waals surface area contributed by atoms with Gasteiger partial charge in [-0.25, -0.2) is 0 Å². The summed E-state index contributed by atoms with van der Waals surface area (Å²) in [4.78, 5) is 0. The topological polar surface area (TPSA) is 35.2 Å². The molecule has 0 aromatic heterocycles. The van der Waals surface area contributed by atoms with Crippen molar-refractivity contribution in [3.63, 3.8) is 0 Å². The predicted molar refractivity (Wildman–Crippen MR) is 78.0 cm³/mol. The Labute approximate surface area is 112 Å². The highest BCUT2D eigenvalue weighted by atomic mass is 16.5. The molecule has 18 heavy (non-hydrogen) atoms. The van der Waals surface area contributed by atoms with Gasteiger partial charge < -0.3 is 10.5 Å². The van der Waals surface area contributed by atoms with Crippen LogP contribution >= 0.6 is 0 Å². The number of aryl methyl sites for hydroxylation is 3. The summed E-state index contributed by atoms with van der Waals surface area (Å²) in [6.07, 6.45) is 0.883. The first kappa shape index (κ1) is 15.2. The quantitative estimate of drug-likeness (QED) is 0.888. The standard InChI is InChI=1S/C16H27NO/c1-11-7-12(2)15(13(3)8-11)9-14(17)10-18-16(4,5)6/h7-8,14H,9-10,17H2,1-6H3. The number of hydrogen-bond donors (Lipinski definition) is 1. The molecule has 1 rings (SSSR count). The van der Waals surface area contributed by atoms with E-state index in [9.17, 15) is 0 Å². The molecule has 1 aromatic carbocycles. The second kappa shape index (κ2) is 5.85. The van der Waals surface area contributed by atoms with Crippen LogP contribution < -0.4 is 5.73 Å². The number of rotatable bonds is 4. The van der Waals surface area contributed by atoms with Gasteiger partial charge in [0.15, 0.2) is 0 Å². The third-order valence-electron chi connectivity index (χ3n) is 3.04. The molecule has 2 N–H and O–H groups in total. The lowest BCUT2D eigenvalue weighted by Crippen LogP contribution is -2.33. The first-order chi connectivity index (χ1) is 8.19. The summed E-state index contributed by atoms with van der Waals surface area (Å²) in [6.45, 7) is 13.2. The second-order valence-corrected chi connectivity index (χ2v) is 6.26. The molecule has 0 aliphatic heterocycles. The van der Waals surface area contributed by atoms with E-state index in [1.165, 1.54) is 22.3 Å². The van der Waals surface area contributed by atoms with E-state index in [1.807, 2.05) is 0 Å². The van der Waals surface area contributed by atoms with Gasteiger partial charge in [-0.2, -0.15) is 0 Å². The molecule has 2 nitrogen and oxygen atoms in total. The fourth-order valence-corrected chi connectivity index (χ4v) is 2.21. The van der Waals surface area contributed by atoms with Crippen molar-refractivity contribution >= 4 is 0 Å². The average molecular weight is 249 g/mol. The Morgan fingerprint density at radius 2 is 1.61 bits per heavy atom. The molecule has 1 atom stereocenters. The van der Waals surface area contributed by atoms with E-state index < -0.39 is 0 Å². The molecule has 0 spiro atoms. The SMILES string of the molecule is Cc1cc(C)c(CC(N)COC(C)(C)C)c(C)c1. The van der Waals surface area contributed by atoms with E-state index in [4.69, 9.17) is 10.5 Å². The van der Waals surface area contributed by atoms with Crippen molar-refractivity contribution in [2.24, 2.45) is 5.73 Å². The molecule has 0 aliphatic carbocycles. The minimum atomic E-state index is -0.116. The van der Waals surface area contributed by atoms with Crippen molar-refractivity contribution < 1.29 is 4.74 Å². The Hall–Kier alpha value is -0.860. The van der Waals surface area contributed by atoms with Crippen LogP contribution in [0, 0.1) is 20.8 Å². The monoisotopic (exact) mass is 249 g/mol. The van der Waals surface area contributed by atoms with Crippen LogP contribution in [-0.2, 0) is 11.2 Å². The van der Waals surface area contributed by atoms with Gasteiger partial charge in [0.25, 0.3) is 0 Å². The zero-order valence-corrected chi connectivity index (χ0v) is 12.6. The lowest BCUT2D eigenvalue weighted by Gasteiger charge is -2.23. The molecule has 0 heterocycles. The van der Waals surface area contributed by atoms with Crippen LogP contribution in [-0.4, -0.2) is 18.2 Å². The van der Waals surface area contributed by atoms with Gasteiger partial charge in [0, 0.05) is 6.04 Å². The van der Waals surface area contributed by atoms with Gasteiger partial charge in [0.05, 0.1) is 12.2 Å². The molecule has 0 saturated heterocycles. The molecule has 0 aliphatic rings. The van der Waals surface area contributed by atoms with Crippen LogP contribution in [0.5, 0.6) is 0 Å². The molecular formula is C16H27NO. The Morgan fingerprint density at radius 3 is 2.06 bits per heavy atom. The van der Waals surface area contributed by atoms with Gasteiger partial charge in [-0.05, 0) is 64.7 Å². The zero-order chi connectivity index (χ0) is 13.9. The fourth-order valence-electron chi connectivity index (χ4n) is 2.21. The number of nitrogens with two attached hydrogens (primary N) is 1. The summed E-state index contributed by atoms with van der Waals surface area (Å²) in [7, 11) is 0. The first-order valence-corrected chi connectivity index (χ1v) is 6.65. The minimum absolute atomic E-state index is 0.0596. The molecule has 0 amide bonds. The summed E-state index contributed by atoms with van der Waals surface area (Å²) < 4.78 is 5.74. The Kier molecular flexibility index (Phi) is 4.94. The van der Waals surface area contributed by atoms with Crippen LogP contribution in [0.25, 0.3) is 0 Å². The highest BCUT2D eigenvalue weighted by Gasteiger charge is 2.14. The van der Waals surface area contributed by atoms with E-state index in [0.29, 0.717) is 6.61 Å². The maximum atomic E-state index is 6.16. The van der Waals surface area contributed by atoms with Crippen LogP contribution in [0.3, 0.4) is 0 Å². The zero-order valence-electron chi connectivity index (χ0n) is 12.6. The van der Waals surface area contributed by atoms with Gasteiger partial charge >= 0.3 is 0 Å². The van der Waals surface area contributed by atoms with Gasteiger partial charge in [-0.3, -0.25) is 0 Å². The smallest absolute Gasteiger partial charge is 0.0627 e. The van der Waals surface area contributed by atoms with Crippen molar-refractivity contribution in [3.05, 3.63) is 34.4 Å². The molecule has 0 fully saturated rings.